The first-order valence-electron chi connectivity index (χ1n) is 9.17. The predicted octanol–water partition coefficient (Wildman–Crippen LogP) is 3.23. The molecule has 1 amide bonds. The Morgan fingerprint density at radius 2 is 1.67 bits per heavy atom. The van der Waals surface area contributed by atoms with Crippen LogP contribution in [-0.4, -0.2) is 28.0 Å². The monoisotopic (exact) mass is 402 g/mol. The molecule has 4 rings (SSSR count). The van der Waals surface area contributed by atoms with Crippen LogP contribution in [0.25, 0.3) is 10.9 Å². The number of carbonyl (C=O) groups is 1. The molecule has 0 aliphatic rings. The zero-order valence-corrected chi connectivity index (χ0v) is 16.1. The molecule has 0 aliphatic heterocycles. The van der Waals surface area contributed by atoms with Crippen molar-refractivity contribution in [3.8, 4) is 17.2 Å². The van der Waals surface area contributed by atoms with Crippen molar-refractivity contribution in [1.82, 2.24) is 15.0 Å². The molecule has 0 saturated carbocycles. The van der Waals surface area contributed by atoms with E-state index in [4.69, 9.17) is 9.47 Å². The average Bonchev–Trinajstić information content (AvgIpc) is 2.77. The maximum Gasteiger partial charge on any atom is 0.278 e. The van der Waals surface area contributed by atoms with Crippen LogP contribution in [0.3, 0.4) is 0 Å². The van der Waals surface area contributed by atoms with Crippen molar-refractivity contribution in [2.75, 3.05) is 12.4 Å². The van der Waals surface area contributed by atoms with E-state index in [0.29, 0.717) is 33.8 Å². The quantitative estimate of drug-likeness (QED) is 0.532. The molecule has 0 radical (unpaired) electrons. The maximum atomic E-state index is 12.4. The summed E-state index contributed by atoms with van der Waals surface area (Å²) in [5, 5.41) is 10.9. The van der Waals surface area contributed by atoms with E-state index in [1.165, 1.54) is 0 Å². The highest BCUT2D eigenvalue weighted by Crippen LogP contribution is 2.31. The fourth-order valence-corrected chi connectivity index (χ4v) is 2.90. The highest BCUT2D eigenvalue weighted by molar-refractivity contribution is 5.90. The molecule has 0 atom stereocenters. The Morgan fingerprint density at radius 3 is 2.43 bits per heavy atom. The van der Waals surface area contributed by atoms with Crippen LogP contribution in [0.15, 0.2) is 77.6 Å². The summed E-state index contributed by atoms with van der Waals surface area (Å²) < 4.78 is 12.1. The Balaban J connectivity index is 1.43. The van der Waals surface area contributed by atoms with Gasteiger partial charge in [-0.05, 0) is 48.5 Å². The third kappa shape index (κ3) is 4.12. The van der Waals surface area contributed by atoms with Crippen molar-refractivity contribution in [2.45, 2.75) is 6.54 Å². The van der Waals surface area contributed by atoms with Crippen LogP contribution in [0.2, 0.25) is 0 Å². The van der Waals surface area contributed by atoms with Gasteiger partial charge in [-0.1, -0.05) is 29.5 Å². The van der Waals surface area contributed by atoms with Crippen LogP contribution in [-0.2, 0) is 11.3 Å². The topological polar surface area (TPSA) is 95.3 Å². The number of amides is 1. The number of fused-ring (bicyclic) bond motifs is 1. The number of benzene rings is 3. The third-order valence-corrected chi connectivity index (χ3v) is 4.36. The van der Waals surface area contributed by atoms with E-state index < -0.39 is 0 Å². The first kappa shape index (κ1) is 19.1. The molecule has 30 heavy (non-hydrogen) atoms. The van der Waals surface area contributed by atoms with Gasteiger partial charge in [0.1, 0.15) is 17.8 Å². The molecule has 1 heterocycles. The van der Waals surface area contributed by atoms with Gasteiger partial charge < -0.3 is 14.8 Å². The number of carbonyl (C=O) groups excluding carboxylic acids is 1. The standard InChI is InChI=1S/C22H18N4O4/c1-29-19-8-4-5-9-20(19)30-16-12-10-15(11-13-16)23-21(27)14-26-22(28)17-6-2-3-7-18(17)24-25-26/h2-13H,14H2,1H3,(H,23,27). The Bertz CT molecular complexity index is 1250. The Kier molecular flexibility index (Phi) is 5.38. The second kappa shape index (κ2) is 8.44. The molecule has 0 spiro atoms. The van der Waals surface area contributed by atoms with Gasteiger partial charge in [0.25, 0.3) is 5.56 Å². The van der Waals surface area contributed by atoms with Gasteiger partial charge in [0.2, 0.25) is 5.91 Å². The van der Waals surface area contributed by atoms with E-state index >= 15 is 0 Å². The van der Waals surface area contributed by atoms with E-state index in [-0.39, 0.29) is 18.0 Å². The highest BCUT2D eigenvalue weighted by atomic mass is 16.5. The van der Waals surface area contributed by atoms with Gasteiger partial charge in [0.05, 0.1) is 12.5 Å². The summed E-state index contributed by atoms with van der Waals surface area (Å²) in [5.74, 6) is 1.41. The van der Waals surface area contributed by atoms with Gasteiger partial charge in [0, 0.05) is 5.69 Å². The number of nitrogens with zero attached hydrogens (tertiary/aromatic N) is 3. The minimum Gasteiger partial charge on any atom is -0.493 e. The molecule has 0 unspecified atom stereocenters. The lowest BCUT2D eigenvalue weighted by Gasteiger charge is -2.11. The number of rotatable bonds is 6. The SMILES string of the molecule is COc1ccccc1Oc1ccc(NC(=O)Cn2nnc3ccccc3c2=O)cc1. The number of hydrogen-bond acceptors (Lipinski definition) is 6. The van der Waals surface area contributed by atoms with Crippen LogP contribution in [0.5, 0.6) is 17.2 Å². The number of para-hydroxylation sites is 2. The van der Waals surface area contributed by atoms with E-state index in [2.05, 4.69) is 15.6 Å². The van der Waals surface area contributed by atoms with Crippen LogP contribution in [0.4, 0.5) is 5.69 Å². The largest absolute Gasteiger partial charge is 0.493 e. The molecule has 1 N–H and O–H groups in total. The lowest BCUT2D eigenvalue weighted by molar-refractivity contribution is -0.117. The summed E-state index contributed by atoms with van der Waals surface area (Å²) in [5.41, 5.74) is 0.690. The van der Waals surface area contributed by atoms with Crippen molar-refractivity contribution < 1.29 is 14.3 Å². The van der Waals surface area contributed by atoms with E-state index in [1.54, 1.807) is 61.7 Å². The molecule has 0 saturated heterocycles. The molecule has 8 heteroatoms. The van der Waals surface area contributed by atoms with Crippen molar-refractivity contribution in [2.24, 2.45) is 0 Å². The predicted molar refractivity (Wildman–Crippen MR) is 112 cm³/mol. The van der Waals surface area contributed by atoms with Gasteiger partial charge in [0.15, 0.2) is 11.5 Å². The zero-order valence-electron chi connectivity index (χ0n) is 16.1. The molecule has 8 nitrogen and oxygen atoms in total. The van der Waals surface area contributed by atoms with Gasteiger partial charge in [-0.15, -0.1) is 5.10 Å². The minimum absolute atomic E-state index is 0.240. The smallest absolute Gasteiger partial charge is 0.278 e. The summed E-state index contributed by atoms with van der Waals surface area (Å²) in [6.07, 6.45) is 0. The summed E-state index contributed by atoms with van der Waals surface area (Å²) in [6.45, 7) is -0.240. The van der Waals surface area contributed by atoms with Crippen molar-refractivity contribution in [1.29, 1.82) is 0 Å². The first-order valence-corrected chi connectivity index (χ1v) is 9.17. The van der Waals surface area contributed by atoms with Crippen molar-refractivity contribution in [3.63, 3.8) is 0 Å². The Morgan fingerprint density at radius 1 is 0.967 bits per heavy atom. The molecular weight excluding hydrogens is 384 g/mol. The van der Waals surface area contributed by atoms with Crippen LogP contribution in [0.1, 0.15) is 0 Å². The molecule has 1 aromatic heterocycles. The van der Waals surface area contributed by atoms with Crippen LogP contribution < -0.4 is 20.3 Å². The maximum absolute atomic E-state index is 12.4. The first-order chi connectivity index (χ1) is 14.6. The normalized spacial score (nSPS) is 10.6. The van der Waals surface area contributed by atoms with E-state index in [9.17, 15) is 9.59 Å². The van der Waals surface area contributed by atoms with E-state index in [0.717, 1.165) is 4.68 Å². The summed E-state index contributed by atoms with van der Waals surface area (Å²) in [7, 11) is 1.58. The fraction of sp³-hybridized carbons (Fsp3) is 0.0909. The molecule has 0 aliphatic carbocycles. The summed E-state index contributed by atoms with van der Waals surface area (Å²) in [6, 6.07) is 21.0. The lowest BCUT2D eigenvalue weighted by atomic mass is 10.2. The highest BCUT2D eigenvalue weighted by Gasteiger charge is 2.10. The lowest BCUT2D eigenvalue weighted by Crippen LogP contribution is -2.30. The van der Waals surface area contributed by atoms with E-state index in [1.807, 2.05) is 18.2 Å². The van der Waals surface area contributed by atoms with Gasteiger partial charge >= 0.3 is 0 Å². The zero-order chi connectivity index (χ0) is 20.9. The molecular formula is C22H18N4O4. The van der Waals surface area contributed by atoms with Crippen molar-refractivity contribution in [3.05, 3.63) is 83.2 Å². The Labute approximate surface area is 171 Å². The van der Waals surface area contributed by atoms with Gasteiger partial charge in [-0.25, -0.2) is 4.68 Å². The van der Waals surface area contributed by atoms with Gasteiger partial charge in [-0.3, -0.25) is 9.59 Å². The Hall–Kier alpha value is -4.20. The number of aromatic nitrogens is 3. The molecule has 150 valence electrons. The van der Waals surface area contributed by atoms with Gasteiger partial charge in [-0.2, -0.15) is 0 Å². The minimum atomic E-state index is -0.389. The molecule has 4 aromatic rings. The van der Waals surface area contributed by atoms with Crippen molar-refractivity contribution >= 4 is 22.5 Å². The number of anilines is 1. The molecule has 0 fully saturated rings. The number of hydrogen-bond donors (Lipinski definition) is 1. The summed E-state index contributed by atoms with van der Waals surface area (Å²) in [4.78, 5) is 24.8. The second-order valence-corrected chi connectivity index (χ2v) is 6.39. The van der Waals surface area contributed by atoms with Crippen LogP contribution >= 0.6 is 0 Å². The fourth-order valence-electron chi connectivity index (χ4n) is 2.90. The molecule has 3 aromatic carbocycles. The average molecular weight is 402 g/mol. The third-order valence-electron chi connectivity index (χ3n) is 4.36. The number of ether oxygens (including phenoxy) is 2. The second-order valence-electron chi connectivity index (χ2n) is 6.39. The van der Waals surface area contributed by atoms with Crippen LogP contribution in [0, 0.1) is 0 Å². The number of methoxy groups -OCH3 is 1. The number of nitrogens with one attached hydrogen (secondary N) is 1. The summed E-state index contributed by atoms with van der Waals surface area (Å²) >= 11 is 0. The molecule has 0 bridgehead atoms.